The van der Waals surface area contributed by atoms with E-state index in [1.54, 1.807) is 0 Å². The van der Waals surface area contributed by atoms with E-state index in [2.05, 4.69) is 4.72 Å². The van der Waals surface area contributed by atoms with Gasteiger partial charge in [-0.3, -0.25) is 9.52 Å². The van der Waals surface area contributed by atoms with Crippen molar-refractivity contribution in [2.24, 2.45) is 0 Å². The molecule has 0 heterocycles. The summed E-state index contributed by atoms with van der Waals surface area (Å²) in [5, 5.41) is 0. The molecule has 0 aliphatic heterocycles. The minimum atomic E-state index is -4.18. The smallest absolute Gasteiger partial charge is 0.264 e. The predicted octanol–water partition coefficient (Wildman–Crippen LogP) is 3.75. The van der Waals surface area contributed by atoms with E-state index >= 15 is 0 Å². The van der Waals surface area contributed by atoms with Crippen LogP contribution in [0.1, 0.15) is 30.1 Å². The molecule has 2 aromatic carbocycles. The lowest BCUT2D eigenvalue weighted by Crippen LogP contribution is -2.14. The van der Waals surface area contributed by atoms with Crippen molar-refractivity contribution >= 4 is 21.5 Å². The van der Waals surface area contributed by atoms with E-state index in [1.165, 1.54) is 24.3 Å². The molecule has 122 valence electrons. The van der Waals surface area contributed by atoms with Crippen LogP contribution in [-0.2, 0) is 10.0 Å². The molecule has 0 unspecified atom stereocenters. The summed E-state index contributed by atoms with van der Waals surface area (Å²) in [4.78, 5) is 11.1. The summed E-state index contributed by atoms with van der Waals surface area (Å²) in [6.07, 6.45) is 1.13. The van der Waals surface area contributed by atoms with Crippen LogP contribution in [0.3, 0.4) is 0 Å². The molecule has 7 heteroatoms. The Balaban J connectivity index is 2.22. The molecular formula is C16H15F2NO3S. The second-order valence-corrected chi connectivity index (χ2v) is 6.58. The van der Waals surface area contributed by atoms with Crippen molar-refractivity contribution in [3.8, 4) is 0 Å². The van der Waals surface area contributed by atoms with Crippen LogP contribution in [-0.4, -0.2) is 14.2 Å². The number of sulfonamides is 1. The van der Waals surface area contributed by atoms with E-state index in [1.807, 2.05) is 6.92 Å². The zero-order valence-corrected chi connectivity index (χ0v) is 13.2. The predicted molar refractivity (Wildman–Crippen MR) is 82.8 cm³/mol. The minimum Gasteiger partial charge on any atom is -0.294 e. The molecule has 0 saturated heterocycles. The van der Waals surface area contributed by atoms with Crippen LogP contribution in [0.15, 0.2) is 47.4 Å². The van der Waals surface area contributed by atoms with Gasteiger partial charge in [0.05, 0.1) is 0 Å². The lowest BCUT2D eigenvalue weighted by atomic mass is 10.1. The molecule has 0 bridgehead atoms. The quantitative estimate of drug-likeness (QED) is 0.815. The van der Waals surface area contributed by atoms with Gasteiger partial charge in [0.2, 0.25) is 0 Å². The van der Waals surface area contributed by atoms with Crippen molar-refractivity contribution in [3.63, 3.8) is 0 Å². The van der Waals surface area contributed by atoms with Crippen LogP contribution in [0.25, 0.3) is 0 Å². The van der Waals surface area contributed by atoms with E-state index < -0.39 is 26.6 Å². The monoisotopic (exact) mass is 339 g/mol. The molecule has 0 fully saturated rings. The van der Waals surface area contributed by atoms with Crippen LogP contribution in [0.4, 0.5) is 14.5 Å². The number of Topliss-reactive ketones (excluding diaryl/α,β-unsaturated/α-hetero) is 1. The van der Waals surface area contributed by atoms with Crippen molar-refractivity contribution in [2.75, 3.05) is 4.72 Å². The van der Waals surface area contributed by atoms with E-state index in [-0.39, 0.29) is 11.5 Å². The Bertz CT molecular complexity index is 818. The highest BCUT2D eigenvalue weighted by molar-refractivity contribution is 7.92. The molecule has 0 spiro atoms. The first kappa shape index (κ1) is 17.1. The molecule has 1 N–H and O–H groups in total. The number of benzene rings is 2. The Hall–Kier alpha value is -2.28. The Morgan fingerprint density at radius 2 is 1.74 bits per heavy atom. The second kappa shape index (κ2) is 6.87. The molecule has 2 aromatic rings. The van der Waals surface area contributed by atoms with Gasteiger partial charge < -0.3 is 0 Å². The zero-order chi connectivity index (χ0) is 17.0. The number of nitrogens with one attached hydrogen (secondary N) is 1. The van der Waals surface area contributed by atoms with Crippen LogP contribution >= 0.6 is 0 Å². The third-order valence-corrected chi connectivity index (χ3v) is 4.53. The van der Waals surface area contributed by atoms with Crippen molar-refractivity contribution in [3.05, 3.63) is 59.7 Å². The summed E-state index contributed by atoms with van der Waals surface area (Å²) >= 11 is 0. The lowest BCUT2D eigenvalue weighted by Gasteiger charge is -2.09. The SMILES string of the molecule is CCCC(=O)c1ccc(NS(=O)(=O)c2ccc(F)cc2F)cc1. The van der Waals surface area contributed by atoms with Crippen LogP contribution in [0.5, 0.6) is 0 Å². The zero-order valence-electron chi connectivity index (χ0n) is 12.3. The lowest BCUT2D eigenvalue weighted by molar-refractivity contribution is 0.0982. The van der Waals surface area contributed by atoms with E-state index in [0.717, 1.165) is 18.6 Å². The van der Waals surface area contributed by atoms with Crippen molar-refractivity contribution in [1.29, 1.82) is 0 Å². The summed E-state index contributed by atoms with van der Waals surface area (Å²) in [5.41, 5.74) is 0.657. The minimum absolute atomic E-state index is 0.0357. The van der Waals surface area contributed by atoms with Crippen LogP contribution in [0.2, 0.25) is 0 Å². The Morgan fingerprint density at radius 1 is 1.09 bits per heavy atom. The van der Waals surface area contributed by atoms with Gasteiger partial charge in [-0.2, -0.15) is 0 Å². The topological polar surface area (TPSA) is 63.2 Å². The maximum atomic E-state index is 13.6. The fourth-order valence-corrected chi connectivity index (χ4v) is 3.12. The van der Waals surface area contributed by atoms with E-state index in [0.29, 0.717) is 18.1 Å². The first-order valence-corrected chi connectivity index (χ1v) is 8.43. The van der Waals surface area contributed by atoms with Gasteiger partial charge in [-0.1, -0.05) is 6.92 Å². The molecule has 23 heavy (non-hydrogen) atoms. The number of carbonyl (C=O) groups is 1. The second-order valence-electron chi connectivity index (χ2n) is 4.93. The van der Waals surface area contributed by atoms with Gasteiger partial charge in [0, 0.05) is 23.7 Å². The van der Waals surface area contributed by atoms with Crippen LogP contribution in [0, 0.1) is 11.6 Å². The van der Waals surface area contributed by atoms with Crippen molar-refractivity contribution in [1.82, 2.24) is 0 Å². The maximum absolute atomic E-state index is 13.6. The van der Waals surface area contributed by atoms with Gasteiger partial charge in [-0.25, -0.2) is 17.2 Å². The summed E-state index contributed by atoms with van der Waals surface area (Å²) < 4.78 is 52.9. The largest absolute Gasteiger partial charge is 0.294 e. The third-order valence-electron chi connectivity index (χ3n) is 3.12. The number of ketones is 1. The molecule has 0 aromatic heterocycles. The number of carbonyl (C=O) groups excluding carboxylic acids is 1. The van der Waals surface area contributed by atoms with E-state index in [4.69, 9.17) is 0 Å². The van der Waals surface area contributed by atoms with Gasteiger partial charge in [0.1, 0.15) is 16.5 Å². The van der Waals surface area contributed by atoms with E-state index in [9.17, 15) is 22.0 Å². The van der Waals surface area contributed by atoms with Crippen molar-refractivity contribution < 1.29 is 22.0 Å². The number of hydrogen-bond acceptors (Lipinski definition) is 3. The first-order valence-electron chi connectivity index (χ1n) is 6.94. The molecule has 0 aliphatic rings. The average Bonchev–Trinajstić information content (AvgIpc) is 2.47. The molecule has 0 aliphatic carbocycles. The molecule has 0 radical (unpaired) electrons. The highest BCUT2D eigenvalue weighted by atomic mass is 32.2. The van der Waals surface area contributed by atoms with Crippen LogP contribution < -0.4 is 4.72 Å². The molecule has 0 saturated carbocycles. The van der Waals surface area contributed by atoms with Gasteiger partial charge >= 0.3 is 0 Å². The Kier molecular flexibility index (Phi) is 5.10. The fourth-order valence-electron chi connectivity index (χ4n) is 2.00. The number of hydrogen-bond donors (Lipinski definition) is 1. The Morgan fingerprint density at radius 3 is 2.30 bits per heavy atom. The molecule has 0 amide bonds. The molecular weight excluding hydrogens is 324 g/mol. The number of anilines is 1. The number of halogens is 2. The summed E-state index contributed by atoms with van der Waals surface area (Å²) in [5.74, 6) is -2.07. The molecule has 2 rings (SSSR count). The normalized spacial score (nSPS) is 11.3. The first-order chi connectivity index (χ1) is 10.8. The fraction of sp³-hybridized carbons (Fsp3) is 0.188. The average molecular weight is 339 g/mol. The van der Waals surface area contributed by atoms with Gasteiger partial charge in [0.25, 0.3) is 10.0 Å². The third kappa shape index (κ3) is 4.13. The molecule has 4 nitrogen and oxygen atoms in total. The number of rotatable bonds is 6. The standard InChI is InChI=1S/C16H15F2NO3S/c1-2-3-15(20)11-4-7-13(8-5-11)19-23(21,22)16-9-6-12(17)10-14(16)18/h4-10,19H,2-3H2,1H3. The summed E-state index contributed by atoms with van der Waals surface area (Å²) in [6.45, 7) is 1.89. The summed E-state index contributed by atoms with van der Waals surface area (Å²) in [7, 11) is -4.18. The van der Waals surface area contributed by atoms with Crippen molar-refractivity contribution in [2.45, 2.75) is 24.7 Å². The Labute approximate surface area is 133 Å². The highest BCUT2D eigenvalue weighted by Crippen LogP contribution is 2.20. The van der Waals surface area contributed by atoms with Gasteiger partial charge in [-0.05, 0) is 42.8 Å². The highest BCUT2D eigenvalue weighted by Gasteiger charge is 2.19. The maximum Gasteiger partial charge on any atom is 0.264 e. The van der Waals surface area contributed by atoms with Gasteiger partial charge in [-0.15, -0.1) is 0 Å². The molecule has 0 atom stereocenters. The summed E-state index contributed by atoms with van der Waals surface area (Å²) in [6, 6.07) is 8.05. The van der Waals surface area contributed by atoms with Gasteiger partial charge in [0.15, 0.2) is 5.78 Å².